The molecule has 0 aliphatic carbocycles. The first kappa shape index (κ1) is 13.5. The van der Waals surface area contributed by atoms with Crippen molar-refractivity contribution in [3.63, 3.8) is 0 Å². The summed E-state index contributed by atoms with van der Waals surface area (Å²) in [6, 6.07) is 7.84. The monoisotopic (exact) mass is 234 g/mol. The van der Waals surface area contributed by atoms with Gasteiger partial charge in [-0.25, -0.2) is 0 Å². The number of nitrogens with one attached hydrogen (secondary N) is 1. The smallest absolute Gasteiger partial charge is 0.0994 e. The Morgan fingerprint density at radius 3 is 2.76 bits per heavy atom. The lowest BCUT2D eigenvalue weighted by atomic mass is 10.1. The minimum absolute atomic E-state index is 0.616. The van der Waals surface area contributed by atoms with Crippen LogP contribution < -0.4 is 5.32 Å². The second kappa shape index (κ2) is 7.66. The maximum absolute atomic E-state index is 8.80. The van der Waals surface area contributed by atoms with Crippen LogP contribution in [0, 0.1) is 18.3 Å². The fourth-order valence-electron chi connectivity index (χ4n) is 1.41. The molecular weight excluding hydrogens is 216 g/mol. The third kappa shape index (κ3) is 4.85. The van der Waals surface area contributed by atoms with Crippen LogP contribution in [0.25, 0.3) is 0 Å². The van der Waals surface area contributed by atoms with E-state index in [0.717, 1.165) is 17.8 Å². The number of methoxy groups -OCH3 is 1. The van der Waals surface area contributed by atoms with Crippen LogP contribution >= 0.6 is 0 Å². The van der Waals surface area contributed by atoms with Gasteiger partial charge in [0.1, 0.15) is 0 Å². The molecule has 0 aliphatic rings. The first-order valence-corrected chi connectivity index (χ1v) is 5.59. The number of rotatable bonds is 7. The van der Waals surface area contributed by atoms with Gasteiger partial charge in [-0.05, 0) is 30.7 Å². The van der Waals surface area contributed by atoms with Gasteiger partial charge in [-0.2, -0.15) is 5.26 Å². The number of benzene rings is 1. The van der Waals surface area contributed by atoms with E-state index in [1.807, 2.05) is 25.1 Å². The van der Waals surface area contributed by atoms with E-state index in [0.29, 0.717) is 25.4 Å². The summed E-state index contributed by atoms with van der Waals surface area (Å²) in [5.41, 5.74) is 2.71. The van der Waals surface area contributed by atoms with E-state index in [9.17, 15) is 0 Å². The molecule has 92 valence electrons. The number of hydrogen-bond donors (Lipinski definition) is 1. The first-order chi connectivity index (χ1) is 8.27. The Kier molecular flexibility index (Phi) is 6.08. The average molecular weight is 234 g/mol. The fourth-order valence-corrected chi connectivity index (χ4v) is 1.41. The molecule has 4 heteroatoms. The van der Waals surface area contributed by atoms with Crippen molar-refractivity contribution < 1.29 is 9.47 Å². The highest BCUT2D eigenvalue weighted by atomic mass is 16.5. The molecular formula is C13H18N2O2. The van der Waals surface area contributed by atoms with Crippen molar-refractivity contribution in [2.75, 3.05) is 38.8 Å². The third-order valence-electron chi connectivity index (χ3n) is 2.35. The Labute approximate surface area is 102 Å². The van der Waals surface area contributed by atoms with Gasteiger partial charge in [-0.15, -0.1) is 0 Å². The van der Waals surface area contributed by atoms with Gasteiger partial charge in [0.25, 0.3) is 0 Å². The minimum Gasteiger partial charge on any atom is -0.383 e. The van der Waals surface area contributed by atoms with E-state index in [4.69, 9.17) is 14.7 Å². The lowest BCUT2D eigenvalue weighted by molar-refractivity contribution is 0.0759. The van der Waals surface area contributed by atoms with Gasteiger partial charge in [0, 0.05) is 19.3 Å². The van der Waals surface area contributed by atoms with Gasteiger partial charge in [0.05, 0.1) is 31.5 Å². The van der Waals surface area contributed by atoms with Gasteiger partial charge in [0.2, 0.25) is 0 Å². The SMILES string of the molecule is COCCOCCNc1ccc(C#N)c(C)c1. The van der Waals surface area contributed by atoms with Crippen LogP contribution in [0.3, 0.4) is 0 Å². The first-order valence-electron chi connectivity index (χ1n) is 5.59. The van der Waals surface area contributed by atoms with E-state index >= 15 is 0 Å². The predicted octanol–water partition coefficient (Wildman–Crippen LogP) is 1.94. The van der Waals surface area contributed by atoms with Crippen molar-refractivity contribution in [3.8, 4) is 6.07 Å². The molecule has 0 aliphatic heterocycles. The zero-order chi connectivity index (χ0) is 12.5. The van der Waals surface area contributed by atoms with Crippen LogP contribution in [0.1, 0.15) is 11.1 Å². The van der Waals surface area contributed by atoms with Crippen molar-refractivity contribution in [2.24, 2.45) is 0 Å². The lowest BCUT2D eigenvalue weighted by Gasteiger charge is -2.08. The molecule has 0 bridgehead atoms. The Balaban J connectivity index is 2.28. The molecule has 0 spiro atoms. The molecule has 0 heterocycles. The minimum atomic E-state index is 0.616. The van der Waals surface area contributed by atoms with Gasteiger partial charge < -0.3 is 14.8 Å². The maximum atomic E-state index is 8.80. The number of hydrogen-bond acceptors (Lipinski definition) is 4. The van der Waals surface area contributed by atoms with Crippen molar-refractivity contribution >= 4 is 5.69 Å². The molecule has 0 unspecified atom stereocenters. The van der Waals surface area contributed by atoms with E-state index in [2.05, 4.69) is 11.4 Å². The van der Waals surface area contributed by atoms with Crippen molar-refractivity contribution in [1.29, 1.82) is 5.26 Å². The highest BCUT2D eigenvalue weighted by Gasteiger charge is 1.98. The van der Waals surface area contributed by atoms with Gasteiger partial charge in [0.15, 0.2) is 0 Å². The fraction of sp³-hybridized carbons (Fsp3) is 0.462. The highest BCUT2D eigenvalue weighted by molar-refractivity contribution is 5.51. The van der Waals surface area contributed by atoms with Crippen LogP contribution in [0.15, 0.2) is 18.2 Å². The van der Waals surface area contributed by atoms with Gasteiger partial charge in [-0.3, -0.25) is 0 Å². The molecule has 1 aromatic carbocycles. The van der Waals surface area contributed by atoms with Crippen molar-refractivity contribution in [2.45, 2.75) is 6.92 Å². The summed E-state index contributed by atoms with van der Waals surface area (Å²) in [6.45, 7) is 4.55. The summed E-state index contributed by atoms with van der Waals surface area (Å²) in [7, 11) is 1.65. The molecule has 1 rings (SSSR count). The van der Waals surface area contributed by atoms with Crippen molar-refractivity contribution in [3.05, 3.63) is 29.3 Å². The number of ether oxygens (including phenoxy) is 2. The van der Waals surface area contributed by atoms with Crippen LogP contribution in [0.5, 0.6) is 0 Å². The number of nitrogens with zero attached hydrogens (tertiary/aromatic N) is 1. The number of anilines is 1. The van der Waals surface area contributed by atoms with Crippen LogP contribution in [-0.4, -0.2) is 33.5 Å². The van der Waals surface area contributed by atoms with Crippen LogP contribution in [0.2, 0.25) is 0 Å². The summed E-state index contributed by atoms with van der Waals surface area (Å²) in [6.07, 6.45) is 0. The normalized spacial score (nSPS) is 9.94. The Hall–Kier alpha value is -1.57. The molecule has 0 radical (unpaired) electrons. The molecule has 0 amide bonds. The quantitative estimate of drug-likeness (QED) is 0.732. The number of aryl methyl sites for hydroxylation is 1. The summed E-state index contributed by atoms with van der Waals surface area (Å²) in [5, 5.41) is 12.0. The molecule has 0 fully saturated rings. The van der Waals surface area contributed by atoms with E-state index in [1.165, 1.54) is 0 Å². The molecule has 4 nitrogen and oxygen atoms in total. The van der Waals surface area contributed by atoms with E-state index < -0.39 is 0 Å². The van der Waals surface area contributed by atoms with Crippen LogP contribution in [0.4, 0.5) is 5.69 Å². The molecule has 17 heavy (non-hydrogen) atoms. The molecule has 0 saturated carbocycles. The Morgan fingerprint density at radius 1 is 1.29 bits per heavy atom. The topological polar surface area (TPSA) is 54.3 Å². The van der Waals surface area contributed by atoms with Crippen molar-refractivity contribution in [1.82, 2.24) is 0 Å². The second-order valence-corrected chi connectivity index (χ2v) is 3.67. The summed E-state index contributed by atoms with van der Waals surface area (Å²) < 4.78 is 10.2. The molecule has 0 saturated heterocycles. The predicted molar refractivity (Wildman–Crippen MR) is 67.1 cm³/mol. The largest absolute Gasteiger partial charge is 0.383 e. The van der Waals surface area contributed by atoms with E-state index in [1.54, 1.807) is 7.11 Å². The molecule has 0 aromatic heterocycles. The summed E-state index contributed by atoms with van der Waals surface area (Å²) in [5.74, 6) is 0. The van der Waals surface area contributed by atoms with Crippen LogP contribution in [-0.2, 0) is 9.47 Å². The Morgan fingerprint density at radius 2 is 2.12 bits per heavy atom. The maximum Gasteiger partial charge on any atom is 0.0994 e. The molecule has 1 aromatic rings. The van der Waals surface area contributed by atoms with Gasteiger partial charge in [-0.1, -0.05) is 0 Å². The van der Waals surface area contributed by atoms with E-state index in [-0.39, 0.29) is 0 Å². The lowest BCUT2D eigenvalue weighted by Crippen LogP contribution is -2.12. The second-order valence-electron chi connectivity index (χ2n) is 3.67. The zero-order valence-electron chi connectivity index (χ0n) is 10.3. The number of nitriles is 1. The van der Waals surface area contributed by atoms with Gasteiger partial charge >= 0.3 is 0 Å². The zero-order valence-corrected chi connectivity index (χ0v) is 10.3. The molecule has 1 N–H and O–H groups in total. The summed E-state index contributed by atoms with van der Waals surface area (Å²) in [4.78, 5) is 0. The highest BCUT2D eigenvalue weighted by Crippen LogP contribution is 2.13. The standard InChI is InChI=1S/C13H18N2O2/c1-11-9-13(4-3-12(11)10-14)15-5-6-17-8-7-16-2/h3-4,9,15H,5-8H2,1-2H3. The Bertz CT molecular complexity index is 385. The average Bonchev–Trinajstić information content (AvgIpc) is 2.34. The third-order valence-corrected chi connectivity index (χ3v) is 2.35. The molecule has 0 atom stereocenters. The summed E-state index contributed by atoms with van der Waals surface area (Å²) >= 11 is 0.